The lowest BCUT2D eigenvalue weighted by molar-refractivity contribution is 0.762. The molecule has 2 aromatic rings. The van der Waals surface area contributed by atoms with E-state index in [1.807, 2.05) is 18.2 Å². The molecule has 0 fully saturated rings. The van der Waals surface area contributed by atoms with Crippen LogP contribution in [0, 0.1) is 0 Å². The molecule has 0 bridgehead atoms. The molecule has 0 amide bonds. The third kappa shape index (κ3) is 1.32. The van der Waals surface area contributed by atoms with E-state index >= 15 is 0 Å². The van der Waals surface area contributed by atoms with Crippen molar-refractivity contribution in [2.24, 2.45) is 0 Å². The Kier molecular flexibility index (Phi) is 1.92. The van der Waals surface area contributed by atoms with Gasteiger partial charge in [-0.1, -0.05) is 15.9 Å². The van der Waals surface area contributed by atoms with Gasteiger partial charge in [-0.3, -0.25) is 4.79 Å². The molecule has 0 spiro atoms. The highest BCUT2D eigenvalue weighted by molar-refractivity contribution is 9.10. The average molecular weight is 265 g/mol. The number of benzene rings is 1. The molecule has 2 heterocycles. The van der Waals surface area contributed by atoms with Crippen LogP contribution < -0.4 is 5.56 Å². The van der Waals surface area contributed by atoms with Crippen molar-refractivity contribution in [1.82, 2.24) is 9.55 Å². The summed E-state index contributed by atoms with van der Waals surface area (Å²) in [6.45, 7) is 0.973. The van der Waals surface area contributed by atoms with Crippen LogP contribution in [0.1, 0.15) is 12.2 Å². The molecule has 15 heavy (non-hydrogen) atoms. The third-order valence-electron chi connectivity index (χ3n) is 2.80. The van der Waals surface area contributed by atoms with Gasteiger partial charge in [0.05, 0.1) is 10.9 Å². The standard InChI is InChI=1S/C11H9BrN2O/c12-7-3-4-9-8(6-7)11(15)13-10-2-1-5-14(9)10/h3-4,6H,1-2,5H2. The van der Waals surface area contributed by atoms with Gasteiger partial charge in [0.15, 0.2) is 0 Å². The molecular weight excluding hydrogens is 256 g/mol. The number of nitrogens with zero attached hydrogens (tertiary/aromatic N) is 2. The molecule has 4 heteroatoms. The maximum Gasteiger partial charge on any atom is 0.280 e. The van der Waals surface area contributed by atoms with E-state index in [1.165, 1.54) is 0 Å². The normalized spacial score (nSPS) is 14.5. The Morgan fingerprint density at radius 2 is 2.27 bits per heavy atom. The third-order valence-corrected chi connectivity index (χ3v) is 3.30. The Labute approximate surface area is 94.9 Å². The second-order valence-corrected chi connectivity index (χ2v) is 4.67. The lowest BCUT2D eigenvalue weighted by Crippen LogP contribution is -2.14. The van der Waals surface area contributed by atoms with Gasteiger partial charge in [-0.2, -0.15) is 4.98 Å². The number of halogens is 1. The molecular formula is C11H9BrN2O. The van der Waals surface area contributed by atoms with E-state index < -0.39 is 0 Å². The van der Waals surface area contributed by atoms with Crippen molar-refractivity contribution in [2.45, 2.75) is 19.4 Å². The van der Waals surface area contributed by atoms with Crippen LogP contribution in [-0.4, -0.2) is 9.55 Å². The van der Waals surface area contributed by atoms with Crippen LogP contribution >= 0.6 is 15.9 Å². The molecule has 0 saturated carbocycles. The number of hydrogen-bond donors (Lipinski definition) is 0. The summed E-state index contributed by atoms with van der Waals surface area (Å²) in [5, 5.41) is 0.704. The predicted octanol–water partition coefficient (Wildman–Crippen LogP) is 2.11. The summed E-state index contributed by atoms with van der Waals surface area (Å²) in [6, 6.07) is 5.79. The first-order valence-electron chi connectivity index (χ1n) is 4.95. The van der Waals surface area contributed by atoms with Gasteiger partial charge in [0.2, 0.25) is 0 Å². The summed E-state index contributed by atoms with van der Waals surface area (Å²) in [4.78, 5) is 15.9. The predicted molar refractivity (Wildman–Crippen MR) is 62.0 cm³/mol. The molecule has 1 aliphatic heterocycles. The minimum Gasteiger partial charge on any atom is -0.329 e. The maximum atomic E-state index is 11.7. The minimum absolute atomic E-state index is 0.112. The van der Waals surface area contributed by atoms with Gasteiger partial charge in [0, 0.05) is 17.4 Å². The van der Waals surface area contributed by atoms with Crippen LogP contribution in [0.25, 0.3) is 10.9 Å². The highest BCUT2D eigenvalue weighted by atomic mass is 79.9. The molecule has 1 aromatic carbocycles. The minimum atomic E-state index is -0.112. The van der Waals surface area contributed by atoms with Crippen molar-refractivity contribution in [3.8, 4) is 0 Å². The lowest BCUT2D eigenvalue weighted by Gasteiger charge is -2.07. The van der Waals surface area contributed by atoms with Crippen molar-refractivity contribution >= 4 is 26.8 Å². The average Bonchev–Trinajstić information content (AvgIpc) is 2.66. The fourth-order valence-electron chi connectivity index (χ4n) is 2.13. The SMILES string of the molecule is O=c1nc2n(c3ccc(Br)cc13)CCC2. The van der Waals surface area contributed by atoms with Crippen molar-refractivity contribution in [3.05, 3.63) is 38.9 Å². The number of hydrogen-bond acceptors (Lipinski definition) is 2. The molecule has 3 nitrogen and oxygen atoms in total. The van der Waals surface area contributed by atoms with E-state index in [4.69, 9.17) is 0 Å². The van der Waals surface area contributed by atoms with E-state index in [2.05, 4.69) is 25.5 Å². The monoisotopic (exact) mass is 264 g/mol. The molecule has 0 aliphatic carbocycles. The Morgan fingerprint density at radius 3 is 3.13 bits per heavy atom. The van der Waals surface area contributed by atoms with Crippen molar-refractivity contribution in [3.63, 3.8) is 0 Å². The quantitative estimate of drug-likeness (QED) is 0.731. The second-order valence-electron chi connectivity index (χ2n) is 3.75. The lowest BCUT2D eigenvalue weighted by atomic mass is 10.2. The maximum absolute atomic E-state index is 11.7. The highest BCUT2D eigenvalue weighted by Gasteiger charge is 2.15. The molecule has 0 radical (unpaired) electrons. The number of aromatic nitrogens is 2. The van der Waals surface area contributed by atoms with Crippen molar-refractivity contribution in [2.75, 3.05) is 0 Å². The molecule has 0 atom stereocenters. The Hall–Kier alpha value is -1.16. The molecule has 76 valence electrons. The molecule has 1 aromatic heterocycles. The van der Waals surface area contributed by atoms with Gasteiger partial charge in [0.25, 0.3) is 5.56 Å². The molecule has 0 saturated heterocycles. The topological polar surface area (TPSA) is 34.9 Å². The highest BCUT2D eigenvalue weighted by Crippen LogP contribution is 2.21. The van der Waals surface area contributed by atoms with Gasteiger partial charge < -0.3 is 4.57 Å². The van der Waals surface area contributed by atoms with Crippen LogP contribution in [0.4, 0.5) is 0 Å². The van der Waals surface area contributed by atoms with Crippen LogP contribution in [0.2, 0.25) is 0 Å². The molecule has 0 N–H and O–H groups in total. The van der Waals surface area contributed by atoms with Gasteiger partial charge in [0.1, 0.15) is 5.82 Å². The first-order valence-corrected chi connectivity index (χ1v) is 5.74. The van der Waals surface area contributed by atoms with Gasteiger partial charge in [-0.05, 0) is 24.6 Å². The van der Waals surface area contributed by atoms with E-state index in [9.17, 15) is 4.79 Å². The van der Waals surface area contributed by atoms with Crippen LogP contribution in [0.5, 0.6) is 0 Å². The Morgan fingerprint density at radius 1 is 1.40 bits per heavy atom. The fraction of sp³-hybridized carbons (Fsp3) is 0.273. The van der Waals surface area contributed by atoms with E-state index in [-0.39, 0.29) is 5.56 Å². The number of rotatable bonds is 0. The largest absolute Gasteiger partial charge is 0.329 e. The molecule has 1 aliphatic rings. The zero-order valence-corrected chi connectivity index (χ0v) is 9.62. The summed E-state index contributed by atoms with van der Waals surface area (Å²) < 4.78 is 3.07. The summed E-state index contributed by atoms with van der Waals surface area (Å²) in [5.41, 5.74) is 0.894. The van der Waals surface area contributed by atoms with E-state index in [1.54, 1.807) is 0 Å². The molecule has 0 unspecified atom stereocenters. The second kappa shape index (κ2) is 3.17. The van der Waals surface area contributed by atoms with E-state index in [0.29, 0.717) is 5.39 Å². The smallest absolute Gasteiger partial charge is 0.280 e. The summed E-state index contributed by atoms with van der Waals surface area (Å²) >= 11 is 3.37. The first-order chi connectivity index (χ1) is 7.25. The fourth-order valence-corrected chi connectivity index (χ4v) is 2.49. The first kappa shape index (κ1) is 9.09. The number of fused-ring (bicyclic) bond motifs is 3. The summed E-state index contributed by atoms with van der Waals surface area (Å²) in [5.74, 6) is 0.926. The Balaban J connectivity index is 2.50. The van der Waals surface area contributed by atoms with Gasteiger partial charge in [-0.15, -0.1) is 0 Å². The van der Waals surface area contributed by atoms with Gasteiger partial charge in [-0.25, -0.2) is 0 Å². The molecule has 3 rings (SSSR count). The Bertz CT molecular complexity index is 603. The zero-order chi connectivity index (χ0) is 10.4. The zero-order valence-electron chi connectivity index (χ0n) is 8.03. The van der Waals surface area contributed by atoms with Crippen LogP contribution in [0.3, 0.4) is 0 Å². The summed E-state index contributed by atoms with van der Waals surface area (Å²) in [7, 11) is 0. The van der Waals surface area contributed by atoms with Crippen LogP contribution in [-0.2, 0) is 13.0 Å². The van der Waals surface area contributed by atoms with E-state index in [0.717, 1.165) is 35.2 Å². The van der Waals surface area contributed by atoms with Crippen LogP contribution in [0.15, 0.2) is 27.5 Å². The van der Waals surface area contributed by atoms with Crippen molar-refractivity contribution in [1.29, 1.82) is 0 Å². The van der Waals surface area contributed by atoms with Crippen molar-refractivity contribution < 1.29 is 0 Å². The number of aryl methyl sites for hydroxylation is 2. The van der Waals surface area contributed by atoms with Gasteiger partial charge >= 0.3 is 0 Å². The summed E-state index contributed by atoms with van der Waals surface area (Å²) in [6.07, 6.45) is 2.00.